The molecule has 0 aliphatic carbocycles. The highest BCUT2D eigenvalue weighted by atomic mass is 32.1. The molecule has 2 aromatic rings. The Bertz CT molecular complexity index is 618. The molecule has 0 radical (unpaired) electrons. The first-order valence-electron chi connectivity index (χ1n) is 9.32. The van der Waals surface area contributed by atoms with Crippen molar-refractivity contribution >= 4 is 17.4 Å². The molecule has 1 saturated heterocycles. The molecule has 6 heteroatoms. The number of carbonyl (C=O) groups is 1. The summed E-state index contributed by atoms with van der Waals surface area (Å²) in [6.45, 7) is 4.86. The van der Waals surface area contributed by atoms with Crippen LogP contribution in [0.5, 0.6) is 0 Å². The van der Waals surface area contributed by atoms with E-state index in [1.54, 1.807) is 11.3 Å². The highest BCUT2D eigenvalue weighted by molar-refractivity contribution is 7.10. The van der Waals surface area contributed by atoms with E-state index in [1.807, 2.05) is 28.0 Å². The fourth-order valence-corrected chi connectivity index (χ4v) is 4.29. The second-order valence-electron chi connectivity index (χ2n) is 6.79. The van der Waals surface area contributed by atoms with Crippen molar-refractivity contribution in [1.82, 2.24) is 20.0 Å². The summed E-state index contributed by atoms with van der Waals surface area (Å²) >= 11 is 1.72. The van der Waals surface area contributed by atoms with E-state index in [-0.39, 0.29) is 12.1 Å². The SMILES string of the molecule is CCC[C@@H](NC(=O)N1CCC(CCn2cccn2)CC1)c1cccs1. The van der Waals surface area contributed by atoms with Gasteiger partial charge in [-0.25, -0.2) is 4.79 Å². The molecular weight excluding hydrogens is 332 g/mol. The van der Waals surface area contributed by atoms with Crippen molar-refractivity contribution in [2.24, 2.45) is 5.92 Å². The van der Waals surface area contributed by atoms with Crippen LogP contribution in [0.25, 0.3) is 0 Å². The number of likely N-dealkylation sites (tertiary alicyclic amines) is 1. The molecule has 1 aliphatic heterocycles. The quantitative estimate of drug-likeness (QED) is 0.800. The van der Waals surface area contributed by atoms with Crippen LogP contribution in [0.2, 0.25) is 0 Å². The van der Waals surface area contributed by atoms with E-state index in [4.69, 9.17) is 0 Å². The Morgan fingerprint density at radius 2 is 2.24 bits per heavy atom. The van der Waals surface area contributed by atoms with Gasteiger partial charge in [-0.05, 0) is 49.1 Å². The van der Waals surface area contributed by atoms with Gasteiger partial charge < -0.3 is 10.2 Å². The van der Waals surface area contributed by atoms with E-state index in [0.29, 0.717) is 5.92 Å². The van der Waals surface area contributed by atoms with Gasteiger partial charge in [-0.2, -0.15) is 5.10 Å². The molecule has 0 bridgehead atoms. The summed E-state index contributed by atoms with van der Waals surface area (Å²) in [7, 11) is 0. The van der Waals surface area contributed by atoms with Gasteiger partial charge in [0.05, 0.1) is 6.04 Å². The summed E-state index contributed by atoms with van der Waals surface area (Å²) in [5, 5.41) is 9.58. The minimum Gasteiger partial charge on any atom is -0.330 e. The van der Waals surface area contributed by atoms with E-state index >= 15 is 0 Å². The normalized spacial score (nSPS) is 16.8. The molecule has 1 fully saturated rings. The molecule has 3 heterocycles. The molecule has 3 rings (SSSR count). The maximum absolute atomic E-state index is 12.6. The topological polar surface area (TPSA) is 50.2 Å². The smallest absolute Gasteiger partial charge is 0.317 e. The standard InChI is InChI=1S/C19H28N4OS/c1-2-5-17(18-6-3-15-25-18)21-19(24)22-12-7-16(8-13-22)9-14-23-11-4-10-20-23/h3-4,6,10-11,15-17H,2,5,7-9,12-14H2,1H3,(H,21,24)/t17-/m1/s1. The lowest BCUT2D eigenvalue weighted by molar-refractivity contribution is 0.162. The van der Waals surface area contributed by atoms with Gasteiger partial charge in [0, 0.05) is 36.9 Å². The third-order valence-electron chi connectivity index (χ3n) is 4.99. The molecule has 136 valence electrons. The van der Waals surface area contributed by atoms with Crippen LogP contribution >= 0.6 is 11.3 Å². The number of thiophene rings is 1. The zero-order valence-electron chi connectivity index (χ0n) is 14.9. The molecule has 0 saturated carbocycles. The fraction of sp³-hybridized carbons (Fsp3) is 0.579. The molecule has 0 spiro atoms. The molecule has 2 aromatic heterocycles. The molecular formula is C19H28N4OS. The lowest BCUT2D eigenvalue weighted by Gasteiger charge is -2.33. The molecule has 1 aliphatic rings. The van der Waals surface area contributed by atoms with E-state index in [9.17, 15) is 4.79 Å². The van der Waals surface area contributed by atoms with Crippen LogP contribution in [0.15, 0.2) is 36.0 Å². The van der Waals surface area contributed by atoms with Crippen LogP contribution in [0, 0.1) is 5.92 Å². The Hall–Kier alpha value is -1.82. The predicted molar refractivity (Wildman–Crippen MR) is 102 cm³/mol. The van der Waals surface area contributed by atoms with Gasteiger partial charge in [0.2, 0.25) is 0 Å². The number of nitrogens with one attached hydrogen (secondary N) is 1. The molecule has 1 N–H and O–H groups in total. The van der Waals surface area contributed by atoms with Gasteiger partial charge in [0.1, 0.15) is 0 Å². The van der Waals surface area contributed by atoms with Crippen LogP contribution in [0.3, 0.4) is 0 Å². The van der Waals surface area contributed by atoms with Crippen molar-refractivity contribution < 1.29 is 4.79 Å². The number of hydrogen-bond acceptors (Lipinski definition) is 3. The number of nitrogens with zero attached hydrogens (tertiary/aromatic N) is 3. The summed E-state index contributed by atoms with van der Waals surface area (Å²) < 4.78 is 2.00. The van der Waals surface area contributed by atoms with Gasteiger partial charge >= 0.3 is 6.03 Å². The highest BCUT2D eigenvalue weighted by Crippen LogP contribution is 2.25. The van der Waals surface area contributed by atoms with Gasteiger partial charge in [-0.3, -0.25) is 4.68 Å². The maximum Gasteiger partial charge on any atom is 0.317 e. The van der Waals surface area contributed by atoms with Crippen LogP contribution < -0.4 is 5.32 Å². The second-order valence-corrected chi connectivity index (χ2v) is 7.77. The maximum atomic E-state index is 12.6. The number of piperidine rings is 1. The van der Waals surface area contributed by atoms with Crippen molar-refractivity contribution in [3.63, 3.8) is 0 Å². The zero-order valence-corrected chi connectivity index (χ0v) is 15.8. The minimum atomic E-state index is 0.0948. The highest BCUT2D eigenvalue weighted by Gasteiger charge is 2.24. The van der Waals surface area contributed by atoms with Crippen molar-refractivity contribution in [3.05, 3.63) is 40.8 Å². The van der Waals surface area contributed by atoms with Crippen LogP contribution in [0.4, 0.5) is 4.79 Å². The Morgan fingerprint density at radius 1 is 1.40 bits per heavy atom. The Morgan fingerprint density at radius 3 is 2.88 bits per heavy atom. The molecule has 25 heavy (non-hydrogen) atoms. The second kappa shape index (κ2) is 9.04. The first-order valence-corrected chi connectivity index (χ1v) is 10.2. The Balaban J connectivity index is 1.44. The summed E-state index contributed by atoms with van der Waals surface area (Å²) in [6.07, 6.45) is 9.22. The number of hydrogen-bond donors (Lipinski definition) is 1. The average Bonchev–Trinajstić information content (AvgIpc) is 3.33. The van der Waals surface area contributed by atoms with Gasteiger partial charge in [0.25, 0.3) is 0 Å². The minimum absolute atomic E-state index is 0.0948. The van der Waals surface area contributed by atoms with Crippen LogP contribution in [-0.2, 0) is 6.54 Å². The number of amides is 2. The molecule has 2 amide bonds. The van der Waals surface area contributed by atoms with Crippen LogP contribution in [0.1, 0.15) is 49.9 Å². The number of urea groups is 1. The lowest BCUT2D eigenvalue weighted by atomic mass is 9.94. The number of rotatable bonds is 7. The molecule has 0 unspecified atom stereocenters. The lowest BCUT2D eigenvalue weighted by Crippen LogP contribution is -2.45. The third kappa shape index (κ3) is 5.08. The summed E-state index contributed by atoms with van der Waals surface area (Å²) in [4.78, 5) is 15.9. The number of aromatic nitrogens is 2. The third-order valence-corrected chi connectivity index (χ3v) is 5.98. The monoisotopic (exact) mass is 360 g/mol. The number of aryl methyl sites for hydroxylation is 1. The average molecular weight is 361 g/mol. The van der Waals surface area contributed by atoms with Gasteiger partial charge in [-0.15, -0.1) is 11.3 Å². The molecule has 0 aromatic carbocycles. The van der Waals surface area contributed by atoms with Crippen molar-refractivity contribution in [3.8, 4) is 0 Å². The van der Waals surface area contributed by atoms with Gasteiger partial charge in [0.15, 0.2) is 0 Å². The van der Waals surface area contributed by atoms with Crippen LogP contribution in [-0.4, -0.2) is 33.8 Å². The Labute approximate surface area is 154 Å². The first-order chi connectivity index (χ1) is 12.3. The van der Waals surface area contributed by atoms with E-state index < -0.39 is 0 Å². The van der Waals surface area contributed by atoms with E-state index in [2.05, 4.69) is 34.9 Å². The zero-order chi connectivity index (χ0) is 17.5. The van der Waals surface area contributed by atoms with E-state index in [0.717, 1.165) is 51.7 Å². The largest absolute Gasteiger partial charge is 0.330 e. The first kappa shape index (κ1) is 18.0. The van der Waals surface area contributed by atoms with Crippen molar-refractivity contribution in [2.75, 3.05) is 13.1 Å². The fourth-order valence-electron chi connectivity index (χ4n) is 3.48. The molecule has 1 atom stereocenters. The summed E-state index contributed by atoms with van der Waals surface area (Å²) in [5.74, 6) is 0.692. The summed E-state index contributed by atoms with van der Waals surface area (Å²) in [5.41, 5.74) is 0. The van der Waals surface area contributed by atoms with E-state index in [1.165, 1.54) is 4.88 Å². The number of carbonyl (C=O) groups excluding carboxylic acids is 1. The molecule has 5 nitrogen and oxygen atoms in total. The van der Waals surface area contributed by atoms with Crippen molar-refractivity contribution in [1.29, 1.82) is 0 Å². The predicted octanol–water partition coefficient (Wildman–Crippen LogP) is 4.30. The Kier molecular flexibility index (Phi) is 6.50. The summed E-state index contributed by atoms with van der Waals surface area (Å²) in [6, 6.07) is 6.38. The van der Waals surface area contributed by atoms with Crippen molar-refractivity contribution in [2.45, 2.75) is 51.6 Å². The van der Waals surface area contributed by atoms with Gasteiger partial charge in [-0.1, -0.05) is 19.4 Å².